The molecule has 0 saturated heterocycles. The first-order valence-corrected chi connectivity index (χ1v) is 6.07. The monoisotopic (exact) mass is 262 g/mol. The van der Waals surface area contributed by atoms with Crippen LogP contribution in [-0.4, -0.2) is 28.2 Å². The summed E-state index contributed by atoms with van der Waals surface area (Å²) in [5.74, 6) is 0.498. The van der Waals surface area contributed by atoms with Gasteiger partial charge in [-0.3, -0.25) is 0 Å². The van der Waals surface area contributed by atoms with E-state index in [0.717, 1.165) is 24.4 Å². The highest BCUT2D eigenvalue weighted by atomic mass is 19.4. The number of hydrogen-bond acceptors (Lipinski definition) is 3. The Morgan fingerprint density at radius 2 is 2.11 bits per heavy atom. The maximum atomic E-state index is 12.8. The van der Waals surface area contributed by atoms with E-state index in [1.54, 1.807) is 7.05 Å². The molecule has 102 valence electrons. The van der Waals surface area contributed by atoms with E-state index in [0.29, 0.717) is 30.3 Å². The molecule has 7 heteroatoms. The minimum Gasteiger partial charge on any atom is -0.314 e. The fraction of sp³-hybridized carbons (Fsp3) is 0.818. The highest BCUT2D eigenvalue weighted by Gasteiger charge is 2.40. The molecule has 4 nitrogen and oxygen atoms in total. The fourth-order valence-corrected chi connectivity index (χ4v) is 1.91. The van der Waals surface area contributed by atoms with E-state index in [2.05, 4.69) is 15.6 Å². The number of hydrogen-bond donors (Lipinski definition) is 1. The van der Waals surface area contributed by atoms with Crippen molar-refractivity contribution in [3.05, 3.63) is 11.4 Å². The molecular formula is C11H17F3N4. The van der Waals surface area contributed by atoms with E-state index < -0.39 is 12.2 Å². The van der Waals surface area contributed by atoms with Crippen LogP contribution in [0.25, 0.3) is 0 Å². The number of nitrogens with one attached hydrogen (secondary N) is 1. The summed E-state index contributed by atoms with van der Waals surface area (Å²) in [7, 11) is 1.74. The van der Waals surface area contributed by atoms with Crippen molar-refractivity contribution in [2.45, 2.75) is 44.9 Å². The lowest BCUT2D eigenvalue weighted by Crippen LogP contribution is -2.26. The molecule has 0 spiro atoms. The largest absolute Gasteiger partial charge is 0.410 e. The Kier molecular flexibility index (Phi) is 3.61. The second kappa shape index (κ2) is 4.87. The lowest BCUT2D eigenvalue weighted by molar-refractivity contribution is -0.166. The van der Waals surface area contributed by atoms with Gasteiger partial charge in [0.05, 0.1) is 11.4 Å². The molecule has 1 aliphatic carbocycles. The third kappa shape index (κ3) is 2.82. The van der Waals surface area contributed by atoms with Gasteiger partial charge < -0.3 is 5.32 Å². The van der Waals surface area contributed by atoms with Gasteiger partial charge in [-0.05, 0) is 39.2 Å². The van der Waals surface area contributed by atoms with Crippen LogP contribution in [0.2, 0.25) is 0 Å². The van der Waals surface area contributed by atoms with Crippen molar-refractivity contribution in [2.75, 3.05) is 7.05 Å². The number of halogens is 3. The lowest BCUT2D eigenvalue weighted by atomic mass is 10.1. The van der Waals surface area contributed by atoms with Gasteiger partial charge in [0.25, 0.3) is 0 Å². The van der Waals surface area contributed by atoms with Crippen LogP contribution in [0.15, 0.2) is 0 Å². The van der Waals surface area contributed by atoms with Gasteiger partial charge in [0.2, 0.25) is 0 Å². The Hall–Kier alpha value is -1.11. The van der Waals surface area contributed by atoms with E-state index in [9.17, 15) is 13.2 Å². The smallest absolute Gasteiger partial charge is 0.314 e. The van der Waals surface area contributed by atoms with Crippen molar-refractivity contribution in [3.8, 4) is 0 Å². The van der Waals surface area contributed by atoms with Crippen LogP contribution in [0.4, 0.5) is 13.2 Å². The predicted octanol–water partition coefficient (Wildman–Crippen LogP) is 2.07. The summed E-state index contributed by atoms with van der Waals surface area (Å²) in [5, 5.41) is 10.5. The first-order valence-electron chi connectivity index (χ1n) is 6.07. The van der Waals surface area contributed by atoms with Gasteiger partial charge >= 0.3 is 6.18 Å². The van der Waals surface area contributed by atoms with E-state index in [1.165, 1.54) is 0 Å². The first-order chi connectivity index (χ1) is 8.43. The van der Waals surface area contributed by atoms with E-state index in [4.69, 9.17) is 0 Å². The van der Waals surface area contributed by atoms with Gasteiger partial charge in [-0.15, -0.1) is 5.10 Å². The Bertz CT molecular complexity index is 409. The van der Waals surface area contributed by atoms with Crippen molar-refractivity contribution >= 4 is 0 Å². The summed E-state index contributed by atoms with van der Waals surface area (Å²) < 4.78 is 39.3. The molecule has 1 heterocycles. The second-order valence-corrected chi connectivity index (χ2v) is 4.82. The molecule has 1 N–H and O–H groups in total. The standard InChI is InChI=1S/C11H17F3N4/c1-7(11(12,13)14)18-10(5-8-3-4-8)9(6-15-2)16-17-18/h7-8,15H,3-6H2,1-2H3. The topological polar surface area (TPSA) is 42.7 Å². The molecule has 0 radical (unpaired) electrons. The van der Waals surface area contributed by atoms with Crippen molar-refractivity contribution in [1.29, 1.82) is 0 Å². The number of rotatable bonds is 5. The number of aromatic nitrogens is 3. The van der Waals surface area contributed by atoms with Crippen LogP contribution in [0, 0.1) is 5.92 Å². The maximum absolute atomic E-state index is 12.8. The van der Waals surface area contributed by atoms with Crippen LogP contribution >= 0.6 is 0 Å². The van der Waals surface area contributed by atoms with Gasteiger partial charge in [0.1, 0.15) is 6.04 Å². The minimum atomic E-state index is -4.29. The molecule has 0 aliphatic heterocycles. The third-order valence-electron chi connectivity index (χ3n) is 3.24. The van der Waals surface area contributed by atoms with Crippen molar-refractivity contribution < 1.29 is 13.2 Å². The molecule has 0 aromatic carbocycles. The lowest BCUT2D eigenvalue weighted by Gasteiger charge is -2.18. The molecular weight excluding hydrogens is 245 g/mol. The molecule has 1 aromatic rings. The van der Waals surface area contributed by atoms with Crippen LogP contribution in [-0.2, 0) is 13.0 Å². The summed E-state index contributed by atoms with van der Waals surface area (Å²) in [6.07, 6.45) is -1.47. The van der Waals surface area contributed by atoms with Crippen LogP contribution in [0.3, 0.4) is 0 Å². The molecule has 18 heavy (non-hydrogen) atoms. The number of nitrogens with zero attached hydrogens (tertiary/aromatic N) is 3. The van der Waals surface area contributed by atoms with Gasteiger partial charge in [-0.2, -0.15) is 13.2 Å². The zero-order chi connectivity index (χ0) is 13.3. The van der Waals surface area contributed by atoms with Crippen LogP contribution < -0.4 is 5.32 Å². The summed E-state index contributed by atoms with van der Waals surface area (Å²) in [4.78, 5) is 0. The van der Waals surface area contributed by atoms with E-state index in [1.807, 2.05) is 0 Å². The van der Waals surface area contributed by atoms with Crippen molar-refractivity contribution in [2.24, 2.45) is 5.92 Å². The quantitative estimate of drug-likeness (QED) is 0.883. The zero-order valence-corrected chi connectivity index (χ0v) is 10.5. The van der Waals surface area contributed by atoms with Gasteiger partial charge in [-0.1, -0.05) is 5.21 Å². The molecule has 1 aromatic heterocycles. The molecule has 1 aliphatic rings. The number of alkyl halides is 3. The van der Waals surface area contributed by atoms with Gasteiger partial charge in [0, 0.05) is 6.54 Å². The highest BCUT2D eigenvalue weighted by molar-refractivity contribution is 5.13. The molecule has 1 atom stereocenters. The van der Waals surface area contributed by atoms with Gasteiger partial charge in [-0.25, -0.2) is 4.68 Å². The Labute approximate surface area is 104 Å². The fourth-order valence-electron chi connectivity index (χ4n) is 1.91. The molecule has 1 saturated carbocycles. The second-order valence-electron chi connectivity index (χ2n) is 4.82. The Morgan fingerprint density at radius 1 is 1.44 bits per heavy atom. The summed E-state index contributed by atoms with van der Waals surface area (Å²) >= 11 is 0. The molecule has 0 amide bonds. The van der Waals surface area contributed by atoms with Crippen LogP contribution in [0.1, 0.15) is 37.2 Å². The Morgan fingerprint density at radius 3 is 2.61 bits per heavy atom. The maximum Gasteiger partial charge on any atom is 0.410 e. The average molecular weight is 262 g/mol. The predicted molar refractivity (Wildman–Crippen MR) is 60.0 cm³/mol. The van der Waals surface area contributed by atoms with Crippen molar-refractivity contribution in [3.63, 3.8) is 0 Å². The summed E-state index contributed by atoms with van der Waals surface area (Å²) in [5.41, 5.74) is 1.25. The van der Waals surface area contributed by atoms with Crippen molar-refractivity contribution in [1.82, 2.24) is 20.3 Å². The van der Waals surface area contributed by atoms with Gasteiger partial charge in [0.15, 0.2) is 0 Å². The first kappa shape index (κ1) is 13.3. The molecule has 2 rings (SSSR count). The SMILES string of the molecule is CNCc1nnn(C(C)C(F)(F)F)c1CC1CC1. The third-order valence-corrected chi connectivity index (χ3v) is 3.24. The summed E-state index contributed by atoms with van der Waals surface area (Å²) in [6, 6.07) is -1.62. The normalized spacial score (nSPS) is 18.1. The molecule has 1 fully saturated rings. The average Bonchev–Trinajstić information content (AvgIpc) is 3.01. The Balaban J connectivity index is 2.27. The van der Waals surface area contributed by atoms with Crippen LogP contribution in [0.5, 0.6) is 0 Å². The molecule has 1 unspecified atom stereocenters. The van der Waals surface area contributed by atoms with E-state index in [-0.39, 0.29) is 0 Å². The minimum absolute atomic E-state index is 0.451. The highest BCUT2D eigenvalue weighted by Crippen LogP contribution is 2.36. The summed E-state index contributed by atoms with van der Waals surface area (Å²) in [6.45, 7) is 1.57. The van der Waals surface area contributed by atoms with E-state index >= 15 is 0 Å². The zero-order valence-electron chi connectivity index (χ0n) is 10.5. The molecule has 0 bridgehead atoms.